The first-order chi connectivity index (χ1) is 12.9. The zero-order chi connectivity index (χ0) is 19.4. The molecule has 2 aromatic carbocycles. The van der Waals surface area contributed by atoms with Crippen LogP contribution in [0.3, 0.4) is 0 Å². The molecule has 0 atom stereocenters. The normalized spacial score (nSPS) is 11.3. The number of benzene rings is 2. The topological polar surface area (TPSA) is 56.1 Å². The largest absolute Gasteiger partial charge is 0.494 e. The van der Waals surface area contributed by atoms with Gasteiger partial charge in [0.25, 0.3) is 5.91 Å². The highest BCUT2D eigenvalue weighted by Gasteiger charge is 2.31. The minimum atomic E-state index is -4.53. The van der Waals surface area contributed by atoms with E-state index in [1.807, 2.05) is 6.92 Å². The van der Waals surface area contributed by atoms with Gasteiger partial charge in [-0.15, -0.1) is 0 Å². The Morgan fingerprint density at radius 1 is 1.19 bits per heavy atom. The predicted octanol–water partition coefficient (Wildman–Crippen LogP) is 4.54. The van der Waals surface area contributed by atoms with Gasteiger partial charge in [0.05, 0.1) is 23.5 Å². The summed E-state index contributed by atoms with van der Waals surface area (Å²) in [5.74, 6) is 0.0659. The lowest BCUT2D eigenvalue weighted by Gasteiger charge is -2.15. The van der Waals surface area contributed by atoms with Gasteiger partial charge < -0.3 is 10.1 Å². The molecule has 0 aliphatic heterocycles. The molecule has 8 heteroatoms. The Morgan fingerprint density at radius 3 is 2.52 bits per heavy atom. The maximum atomic E-state index is 13.1. The van der Waals surface area contributed by atoms with Crippen molar-refractivity contribution in [1.29, 1.82) is 0 Å². The summed E-state index contributed by atoms with van der Waals surface area (Å²) in [7, 11) is 0. The first kappa shape index (κ1) is 18.5. The van der Waals surface area contributed by atoms with Crippen LogP contribution in [0.4, 0.5) is 18.9 Å². The maximum absolute atomic E-state index is 13.1. The lowest BCUT2D eigenvalue weighted by Crippen LogP contribution is -2.15. The molecule has 0 fully saturated rings. The number of aromatic nitrogens is 2. The third kappa shape index (κ3) is 4.28. The van der Waals surface area contributed by atoms with Crippen molar-refractivity contribution in [3.05, 3.63) is 72.1 Å². The zero-order valence-electron chi connectivity index (χ0n) is 14.3. The molecule has 3 rings (SSSR count). The van der Waals surface area contributed by atoms with Gasteiger partial charge >= 0.3 is 6.18 Å². The highest BCUT2D eigenvalue weighted by Crippen LogP contribution is 2.33. The Hall–Kier alpha value is -3.29. The van der Waals surface area contributed by atoms with Crippen LogP contribution in [0.15, 0.2) is 60.9 Å². The van der Waals surface area contributed by atoms with E-state index in [0.717, 1.165) is 12.1 Å². The Kier molecular flexibility index (Phi) is 5.16. The van der Waals surface area contributed by atoms with Crippen LogP contribution >= 0.6 is 0 Å². The molecule has 0 aliphatic carbocycles. The molecule has 1 aromatic heterocycles. The van der Waals surface area contributed by atoms with Crippen molar-refractivity contribution in [2.45, 2.75) is 13.1 Å². The Labute approximate surface area is 153 Å². The molecule has 5 nitrogen and oxygen atoms in total. The molecule has 0 aliphatic rings. The summed E-state index contributed by atoms with van der Waals surface area (Å²) < 4.78 is 45.9. The predicted molar refractivity (Wildman–Crippen MR) is 94.1 cm³/mol. The van der Waals surface area contributed by atoms with Crippen LogP contribution in [-0.4, -0.2) is 22.3 Å². The van der Waals surface area contributed by atoms with Gasteiger partial charge in [0.2, 0.25) is 0 Å². The Morgan fingerprint density at radius 2 is 1.93 bits per heavy atom. The van der Waals surface area contributed by atoms with Gasteiger partial charge in [-0.3, -0.25) is 4.79 Å². The van der Waals surface area contributed by atoms with Gasteiger partial charge in [0.15, 0.2) is 0 Å². The fraction of sp³-hybridized carbons (Fsp3) is 0.158. The highest BCUT2D eigenvalue weighted by molar-refractivity contribution is 6.05. The number of amides is 1. The summed E-state index contributed by atoms with van der Waals surface area (Å²) in [4.78, 5) is 12.5. The number of ether oxygens (including phenoxy) is 1. The van der Waals surface area contributed by atoms with E-state index >= 15 is 0 Å². The fourth-order valence-electron chi connectivity index (χ4n) is 2.49. The molecule has 0 unspecified atom stereocenters. The number of nitrogens with one attached hydrogen (secondary N) is 1. The number of carbonyl (C=O) groups is 1. The molecule has 1 heterocycles. The number of hydrogen-bond donors (Lipinski definition) is 1. The van der Waals surface area contributed by atoms with Crippen molar-refractivity contribution in [3.63, 3.8) is 0 Å². The SMILES string of the molecule is CCOc1ccc(C(=O)Nc2cc(C(F)(F)F)ccc2-n2cccn2)cc1. The summed E-state index contributed by atoms with van der Waals surface area (Å²) in [5.41, 5.74) is -0.234. The van der Waals surface area contributed by atoms with Crippen LogP contribution in [0.2, 0.25) is 0 Å². The van der Waals surface area contributed by atoms with E-state index in [9.17, 15) is 18.0 Å². The Bertz CT molecular complexity index is 920. The molecular formula is C19H16F3N3O2. The first-order valence-corrected chi connectivity index (χ1v) is 8.14. The van der Waals surface area contributed by atoms with Crippen molar-refractivity contribution in [1.82, 2.24) is 9.78 Å². The van der Waals surface area contributed by atoms with Crippen LogP contribution in [0, 0.1) is 0 Å². The highest BCUT2D eigenvalue weighted by atomic mass is 19.4. The second-order valence-electron chi connectivity index (χ2n) is 5.59. The van der Waals surface area contributed by atoms with E-state index < -0.39 is 17.6 Å². The van der Waals surface area contributed by atoms with Gasteiger partial charge in [-0.2, -0.15) is 18.3 Å². The molecule has 3 aromatic rings. The second-order valence-corrected chi connectivity index (χ2v) is 5.59. The van der Waals surface area contributed by atoms with Crippen LogP contribution in [0.5, 0.6) is 5.75 Å². The number of halogens is 3. The van der Waals surface area contributed by atoms with Crippen LogP contribution in [0.1, 0.15) is 22.8 Å². The fourth-order valence-corrected chi connectivity index (χ4v) is 2.49. The van der Waals surface area contributed by atoms with E-state index in [1.54, 1.807) is 36.5 Å². The third-order valence-electron chi connectivity index (χ3n) is 3.75. The molecule has 1 amide bonds. The molecule has 0 radical (unpaired) electrons. The van der Waals surface area contributed by atoms with Gasteiger partial charge in [-0.25, -0.2) is 4.68 Å². The minimum absolute atomic E-state index is 0.00686. The molecule has 1 N–H and O–H groups in total. The number of nitrogens with zero attached hydrogens (tertiary/aromatic N) is 2. The second kappa shape index (κ2) is 7.53. The van der Waals surface area contributed by atoms with Gasteiger partial charge in [0, 0.05) is 18.0 Å². The quantitative estimate of drug-likeness (QED) is 0.712. The summed E-state index contributed by atoms with van der Waals surface area (Å²) >= 11 is 0. The minimum Gasteiger partial charge on any atom is -0.494 e. The summed E-state index contributed by atoms with van der Waals surface area (Å²) in [6.07, 6.45) is -1.45. The molecule has 0 spiro atoms. The van der Waals surface area contributed by atoms with E-state index in [1.165, 1.54) is 16.9 Å². The average Bonchev–Trinajstić information content (AvgIpc) is 3.16. The number of hydrogen-bond acceptors (Lipinski definition) is 3. The molecule has 0 bridgehead atoms. The van der Waals surface area contributed by atoms with E-state index in [4.69, 9.17) is 4.74 Å². The number of anilines is 1. The third-order valence-corrected chi connectivity index (χ3v) is 3.75. The maximum Gasteiger partial charge on any atom is 0.416 e. The first-order valence-electron chi connectivity index (χ1n) is 8.14. The smallest absolute Gasteiger partial charge is 0.416 e. The summed E-state index contributed by atoms with van der Waals surface area (Å²) in [6.45, 7) is 2.33. The van der Waals surface area contributed by atoms with Crippen molar-refractivity contribution in [2.24, 2.45) is 0 Å². The van der Waals surface area contributed by atoms with Gasteiger partial charge in [0.1, 0.15) is 5.75 Å². The monoisotopic (exact) mass is 375 g/mol. The number of alkyl halides is 3. The van der Waals surface area contributed by atoms with E-state index in [0.29, 0.717) is 23.6 Å². The van der Waals surface area contributed by atoms with Crippen molar-refractivity contribution in [2.75, 3.05) is 11.9 Å². The number of rotatable bonds is 5. The molecule has 140 valence electrons. The van der Waals surface area contributed by atoms with Crippen LogP contribution in [-0.2, 0) is 6.18 Å². The summed E-state index contributed by atoms with van der Waals surface area (Å²) in [6, 6.07) is 11.1. The van der Waals surface area contributed by atoms with E-state index in [2.05, 4.69) is 10.4 Å². The average molecular weight is 375 g/mol. The zero-order valence-corrected chi connectivity index (χ0v) is 14.3. The Balaban J connectivity index is 1.92. The lowest BCUT2D eigenvalue weighted by atomic mass is 10.1. The molecule has 0 saturated carbocycles. The van der Waals surface area contributed by atoms with Crippen LogP contribution < -0.4 is 10.1 Å². The van der Waals surface area contributed by atoms with Crippen molar-refractivity contribution in [3.8, 4) is 11.4 Å². The van der Waals surface area contributed by atoms with Crippen molar-refractivity contribution < 1.29 is 22.7 Å². The van der Waals surface area contributed by atoms with Crippen molar-refractivity contribution >= 4 is 11.6 Å². The number of carbonyl (C=O) groups excluding carboxylic acids is 1. The molecular weight excluding hydrogens is 359 g/mol. The molecule has 27 heavy (non-hydrogen) atoms. The van der Waals surface area contributed by atoms with Crippen LogP contribution in [0.25, 0.3) is 5.69 Å². The summed E-state index contributed by atoms with van der Waals surface area (Å²) in [5, 5.41) is 6.56. The molecule has 0 saturated heterocycles. The van der Waals surface area contributed by atoms with E-state index in [-0.39, 0.29) is 5.69 Å². The van der Waals surface area contributed by atoms with Gasteiger partial charge in [-0.1, -0.05) is 0 Å². The lowest BCUT2D eigenvalue weighted by molar-refractivity contribution is -0.137. The standard InChI is InChI=1S/C19H16F3N3O2/c1-2-27-15-7-4-13(5-8-15)18(26)24-16-12-14(19(20,21)22)6-9-17(16)25-11-3-10-23-25/h3-12H,2H2,1H3,(H,24,26). The van der Waals surface area contributed by atoms with Gasteiger partial charge in [-0.05, 0) is 55.5 Å².